The molecule has 2 aromatic rings. The third kappa shape index (κ3) is 7.12. The molecule has 58 heavy (non-hydrogen) atoms. The van der Waals surface area contributed by atoms with E-state index in [1.807, 2.05) is 0 Å². The van der Waals surface area contributed by atoms with E-state index in [9.17, 15) is 0 Å². The van der Waals surface area contributed by atoms with Crippen molar-refractivity contribution in [3.05, 3.63) is 174 Å². The van der Waals surface area contributed by atoms with E-state index < -0.39 is 0 Å². The number of benzene rings is 2. The van der Waals surface area contributed by atoms with Crippen molar-refractivity contribution in [3.63, 3.8) is 0 Å². The topological polar surface area (TPSA) is 0 Å². The molecule has 0 radical (unpaired) electrons. The third-order valence-electron chi connectivity index (χ3n) is 16.7. The quantitative estimate of drug-likeness (QED) is 0.264. The summed E-state index contributed by atoms with van der Waals surface area (Å²) in [4.78, 5) is 0. The summed E-state index contributed by atoms with van der Waals surface area (Å²) in [7, 11) is 0. The molecule has 3 heteroatoms. The van der Waals surface area contributed by atoms with Gasteiger partial charge in [0.1, 0.15) is 0 Å². The average Bonchev–Trinajstić information content (AvgIpc) is 3.75. The van der Waals surface area contributed by atoms with Gasteiger partial charge in [0.2, 0.25) is 0 Å². The maximum absolute atomic E-state index is 3.43. The SMILES string of the molecule is CC1=CC=CC2[CH-]C3(C)C4(C)C=CC=CC4(C)C4(C)C=CC=CC4(C)C3(C)C12C.CCCCC1[C-]=CC(C(C)(C)C)=C1.[Cl-].[Cl-].[Zr+2]=[C](c1ccccc1)c1ccccc1. The van der Waals surface area contributed by atoms with Crippen LogP contribution in [-0.2, 0) is 24.2 Å². The minimum atomic E-state index is 0. The van der Waals surface area contributed by atoms with Crippen molar-refractivity contribution in [1.82, 2.24) is 0 Å². The fourth-order valence-electron chi connectivity index (χ4n) is 12.2. The first kappa shape index (κ1) is 48.4. The fourth-order valence-corrected chi connectivity index (χ4v) is 13.0. The molecule has 2 saturated carbocycles. The minimum absolute atomic E-state index is 0. The number of unbranched alkanes of at least 4 members (excludes halogenated alkanes) is 1. The molecule has 0 heterocycles. The van der Waals surface area contributed by atoms with Crippen LogP contribution < -0.4 is 24.8 Å². The molecule has 0 amide bonds. The molecule has 6 aliphatic carbocycles. The van der Waals surface area contributed by atoms with Crippen LogP contribution in [0, 0.1) is 67.7 Å². The van der Waals surface area contributed by atoms with Crippen LogP contribution in [0.15, 0.2) is 151 Å². The van der Waals surface area contributed by atoms with Crippen LogP contribution in [0.4, 0.5) is 0 Å². The molecule has 308 valence electrons. The van der Waals surface area contributed by atoms with Gasteiger partial charge in [-0.15, -0.1) is 17.4 Å². The predicted molar refractivity (Wildman–Crippen MR) is 238 cm³/mol. The summed E-state index contributed by atoms with van der Waals surface area (Å²) >= 11 is 1.46. The molecule has 2 fully saturated rings. The van der Waals surface area contributed by atoms with E-state index in [4.69, 9.17) is 0 Å². The number of fused-ring (bicyclic) bond motifs is 8. The molecule has 9 atom stereocenters. The Bertz CT molecular complexity index is 2000. The van der Waals surface area contributed by atoms with Gasteiger partial charge in [0.15, 0.2) is 0 Å². The van der Waals surface area contributed by atoms with Crippen LogP contribution in [0.5, 0.6) is 0 Å². The van der Waals surface area contributed by atoms with Crippen LogP contribution in [0.3, 0.4) is 0 Å². The van der Waals surface area contributed by atoms with Crippen LogP contribution in [0.2, 0.25) is 0 Å². The molecule has 0 saturated heterocycles. The van der Waals surface area contributed by atoms with E-state index in [-0.39, 0.29) is 62.7 Å². The Morgan fingerprint density at radius 3 is 1.67 bits per heavy atom. The number of allylic oxidation sites excluding steroid dienone is 16. The Morgan fingerprint density at radius 1 is 0.707 bits per heavy atom. The molecule has 0 N–H and O–H groups in total. The monoisotopic (exact) mass is 888 g/mol. The van der Waals surface area contributed by atoms with Crippen molar-refractivity contribution in [2.24, 2.45) is 55.2 Å². The summed E-state index contributed by atoms with van der Waals surface area (Å²) < 4.78 is 1.42. The van der Waals surface area contributed by atoms with Crippen LogP contribution in [0.1, 0.15) is 113 Å². The molecule has 9 unspecified atom stereocenters. The summed E-state index contributed by atoms with van der Waals surface area (Å²) in [6.07, 6.45) is 41.1. The first-order valence-corrected chi connectivity index (χ1v) is 22.5. The third-order valence-corrected chi connectivity index (χ3v) is 18.1. The standard InChI is InChI=1S/C29H37.C13H10.C13H21.2ClH.Zr/c1-21-14-13-15-22-20-27(6)25(4)18-10-9-16-23(25,2)24(3)17-11-12-19-26(24,5)29(27,8)28(21,22)7;1-3-7-12(8-4-1)11-13-9-5-2-6-10-13;1-5-6-7-11-8-9-12(10-11)13(2,3)4;;;/h9-20,22H,1-8H3;1-10H;9-11H,5-7H2,1-4H3;2*1H;/q-1;;-1;;;+2/p-2. The van der Waals surface area contributed by atoms with E-state index in [0.717, 1.165) is 0 Å². The van der Waals surface area contributed by atoms with Gasteiger partial charge in [-0.25, -0.2) is 6.08 Å². The van der Waals surface area contributed by atoms with E-state index in [1.54, 1.807) is 0 Å². The molecular formula is C55H68Cl2Zr-2. The second kappa shape index (κ2) is 17.6. The van der Waals surface area contributed by atoms with Gasteiger partial charge in [0.05, 0.1) is 0 Å². The Balaban J connectivity index is 0.000000216. The molecule has 0 spiro atoms. The number of rotatable bonds is 5. The van der Waals surface area contributed by atoms with Gasteiger partial charge < -0.3 is 31.2 Å². The molecule has 0 bridgehead atoms. The van der Waals surface area contributed by atoms with Gasteiger partial charge in [-0.2, -0.15) is 11.6 Å². The summed E-state index contributed by atoms with van der Waals surface area (Å²) in [5, 5.41) is 0. The summed E-state index contributed by atoms with van der Waals surface area (Å²) in [5.74, 6) is 1.05. The average molecular weight is 891 g/mol. The van der Waals surface area contributed by atoms with Crippen LogP contribution in [0.25, 0.3) is 0 Å². The first-order valence-electron chi connectivity index (χ1n) is 21.3. The Labute approximate surface area is 381 Å². The van der Waals surface area contributed by atoms with Crippen LogP contribution in [-0.4, -0.2) is 3.21 Å². The van der Waals surface area contributed by atoms with Crippen molar-refractivity contribution >= 4 is 3.21 Å². The van der Waals surface area contributed by atoms with Crippen molar-refractivity contribution < 1.29 is 49.0 Å². The van der Waals surface area contributed by atoms with Crippen molar-refractivity contribution in [3.8, 4) is 0 Å². The second-order valence-electron chi connectivity index (χ2n) is 19.7. The van der Waals surface area contributed by atoms with Crippen LogP contribution >= 0.6 is 0 Å². The maximum atomic E-state index is 3.43. The molecule has 0 nitrogen and oxygen atoms in total. The van der Waals surface area contributed by atoms with Gasteiger partial charge in [-0.1, -0.05) is 173 Å². The fraction of sp³-hybridized carbons (Fsp3) is 0.455. The van der Waals surface area contributed by atoms with E-state index in [1.165, 1.54) is 69.0 Å². The van der Waals surface area contributed by atoms with Crippen molar-refractivity contribution in [2.75, 3.05) is 0 Å². The van der Waals surface area contributed by atoms with Crippen molar-refractivity contribution in [2.45, 2.75) is 102 Å². The molecular weight excluding hydrogens is 823 g/mol. The van der Waals surface area contributed by atoms with Gasteiger partial charge in [-0.3, -0.25) is 6.08 Å². The number of halogens is 2. The van der Waals surface area contributed by atoms with Gasteiger partial charge in [-0.05, 0) is 28.6 Å². The van der Waals surface area contributed by atoms with E-state index in [2.05, 4.69) is 235 Å². The molecule has 8 rings (SSSR count). The van der Waals surface area contributed by atoms with E-state index in [0.29, 0.717) is 17.3 Å². The summed E-state index contributed by atoms with van der Waals surface area (Å²) in [6.45, 7) is 29.3. The molecule has 6 aliphatic rings. The zero-order chi connectivity index (χ0) is 40.8. The zero-order valence-corrected chi connectivity index (χ0v) is 41.4. The number of hydrogen-bond donors (Lipinski definition) is 0. The number of hydrogen-bond acceptors (Lipinski definition) is 0. The Hall–Kier alpha value is -2.31. The summed E-state index contributed by atoms with van der Waals surface area (Å²) in [5.41, 5.74) is 6.15. The second-order valence-corrected chi connectivity index (χ2v) is 21.0. The van der Waals surface area contributed by atoms with Gasteiger partial charge in [0.25, 0.3) is 0 Å². The van der Waals surface area contributed by atoms with Gasteiger partial charge >= 0.3 is 99.2 Å². The van der Waals surface area contributed by atoms with E-state index >= 15 is 0 Å². The predicted octanol–water partition coefficient (Wildman–Crippen LogP) is 8.59. The Morgan fingerprint density at radius 2 is 1.19 bits per heavy atom. The Kier molecular flexibility index (Phi) is 14.7. The molecule has 2 aromatic carbocycles. The van der Waals surface area contributed by atoms with Gasteiger partial charge in [0, 0.05) is 10.8 Å². The normalized spacial score (nSPS) is 36.9. The van der Waals surface area contributed by atoms with Crippen molar-refractivity contribution in [1.29, 1.82) is 0 Å². The first-order chi connectivity index (χ1) is 26.3. The summed E-state index contributed by atoms with van der Waals surface area (Å²) in [6, 6.07) is 21.1. The molecule has 0 aromatic heterocycles. The zero-order valence-electron chi connectivity index (χ0n) is 37.4. The molecule has 0 aliphatic heterocycles.